The van der Waals surface area contributed by atoms with E-state index in [4.69, 9.17) is 9.47 Å². The molecule has 3 aliphatic rings. The Labute approximate surface area is 260 Å². The van der Waals surface area contributed by atoms with Crippen LogP contribution in [0.1, 0.15) is 53.2 Å². The molecule has 1 spiro atoms. The predicted octanol–water partition coefficient (Wildman–Crippen LogP) is 4.94. The fourth-order valence-corrected chi connectivity index (χ4v) is 8.38. The van der Waals surface area contributed by atoms with Gasteiger partial charge in [0.15, 0.2) is 0 Å². The van der Waals surface area contributed by atoms with Gasteiger partial charge >= 0.3 is 0 Å². The summed E-state index contributed by atoms with van der Waals surface area (Å²) in [7, 11) is -2.26. The molecule has 0 bridgehead atoms. The molecule has 3 aromatic rings. The fourth-order valence-electron chi connectivity index (χ4n) is 6.96. The summed E-state index contributed by atoms with van der Waals surface area (Å²) in [4.78, 5) is 18.2. The van der Waals surface area contributed by atoms with Crippen LogP contribution in [0.4, 0.5) is 0 Å². The van der Waals surface area contributed by atoms with Gasteiger partial charge in [0.05, 0.1) is 24.7 Å². The van der Waals surface area contributed by atoms with Gasteiger partial charge in [-0.15, -0.1) is 0 Å². The number of aliphatic hydroxyl groups excluding tert-OH is 1. The number of nitrogens with one attached hydrogen (secondary N) is 1. The molecule has 1 amide bonds. The van der Waals surface area contributed by atoms with Crippen LogP contribution in [0.5, 0.6) is 11.5 Å². The van der Waals surface area contributed by atoms with E-state index in [9.17, 15) is 18.3 Å². The number of sulfonamides is 1. The first-order chi connectivity index (χ1) is 20.6. The molecule has 2 N–H and O–H groups in total. The number of halogens is 1. The Morgan fingerprint density at radius 3 is 2.58 bits per heavy atom. The van der Waals surface area contributed by atoms with Crippen molar-refractivity contribution in [3.8, 4) is 11.5 Å². The van der Waals surface area contributed by atoms with Gasteiger partial charge in [-0.1, -0.05) is 42.8 Å². The molecule has 9 nitrogen and oxygen atoms in total. The lowest BCUT2D eigenvalue weighted by molar-refractivity contribution is 0.0339. The van der Waals surface area contributed by atoms with E-state index in [0.717, 1.165) is 16.7 Å². The van der Waals surface area contributed by atoms with Crippen molar-refractivity contribution in [1.29, 1.82) is 0 Å². The van der Waals surface area contributed by atoms with Gasteiger partial charge < -0.3 is 19.5 Å². The van der Waals surface area contributed by atoms with Gasteiger partial charge in [-0.05, 0) is 77.5 Å². The van der Waals surface area contributed by atoms with Crippen LogP contribution in [0, 0.1) is 12.8 Å². The molecule has 1 fully saturated rings. The van der Waals surface area contributed by atoms with E-state index in [0.29, 0.717) is 46.5 Å². The Hall–Kier alpha value is -3.41. The zero-order chi connectivity index (χ0) is 30.5. The SMILES string of the molecule is COc1cc2c3c(c1Br)O[C@@H]1C/C(=N/NS(=O)(=O)c4ccc(C)cc4)C[C@@H](C)[C@]31C[C@@H](CO)N(C(=O)c1ccccc1)C2. The number of aliphatic hydroxyl groups is 1. The number of methoxy groups -OCH3 is 1. The van der Waals surface area contributed by atoms with E-state index in [1.165, 1.54) is 0 Å². The van der Waals surface area contributed by atoms with Crippen LogP contribution < -0.4 is 14.3 Å². The molecule has 0 saturated heterocycles. The van der Waals surface area contributed by atoms with Crippen molar-refractivity contribution in [2.45, 2.75) is 62.1 Å². The highest BCUT2D eigenvalue weighted by molar-refractivity contribution is 9.10. The molecule has 4 atom stereocenters. The normalized spacial score (nSPS) is 25.4. The maximum atomic E-state index is 13.8. The Bertz CT molecular complexity index is 1700. The zero-order valence-electron chi connectivity index (χ0n) is 24.2. The first-order valence-corrected chi connectivity index (χ1v) is 16.5. The molecule has 1 aliphatic carbocycles. The van der Waals surface area contributed by atoms with Crippen molar-refractivity contribution in [3.63, 3.8) is 0 Å². The second kappa shape index (κ2) is 11.3. The summed E-state index contributed by atoms with van der Waals surface area (Å²) < 4.78 is 39.0. The largest absolute Gasteiger partial charge is 0.495 e. The van der Waals surface area contributed by atoms with E-state index >= 15 is 0 Å². The average Bonchev–Trinajstić information content (AvgIpc) is 3.27. The molecule has 1 saturated carbocycles. The highest BCUT2D eigenvalue weighted by Gasteiger charge is 2.59. The highest BCUT2D eigenvalue weighted by atomic mass is 79.9. The molecule has 43 heavy (non-hydrogen) atoms. The van der Waals surface area contributed by atoms with Crippen LogP contribution in [-0.4, -0.2) is 55.9 Å². The number of hydrogen-bond acceptors (Lipinski definition) is 7. The third kappa shape index (κ3) is 5.01. The highest BCUT2D eigenvalue weighted by Crippen LogP contribution is 2.61. The monoisotopic (exact) mass is 667 g/mol. The summed E-state index contributed by atoms with van der Waals surface area (Å²) in [5, 5.41) is 15.1. The Morgan fingerprint density at radius 1 is 1.19 bits per heavy atom. The summed E-state index contributed by atoms with van der Waals surface area (Å²) in [6, 6.07) is 17.2. The zero-order valence-corrected chi connectivity index (χ0v) is 26.6. The summed E-state index contributed by atoms with van der Waals surface area (Å²) >= 11 is 3.70. The third-order valence-corrected chi connectivity index (χ3v) is 11.1. The molecular weight excluding hydrogens is 634 g/mol. The maximum absolute atomic E-state index is 13.8. The Morgan fingerprint density at radius 2 is 1.91 bits per heavy atom. The number of aryl methyl sites for hydroxylation is 1. The lowest BCUT2D eigenvalue weighted by atomic mass is 9.59. The molecule has 2 heterocycles. The number of hydrogen-bond donors (Lipinski definition) is 2. The molecule has 0 radical (unpaired) electrons. The molecule has 0 aromatic heterocycles. The van der Waals surface area contributed by atoms with Crippen molar-refractivity contribution >= 4 is 37.6 Å². The number of nitrogens with zero attached hydrogens (tertiary/aromatic N) is 2. The molecule has 6 rings (SSSR count). The first-order valence-electron chi connectivity index (χ1n) is 14.3. The van der Waals surface area contributed by atoms with Gasteiger partial charge in [0.25, 0.3) is 15.9 Å². The van der Waals surface area contributed by atoms with Crippen LogP contribution in [0.3, 0.4) is 0 Å². The van der Waals surface area contributed by atoms with E-state index in [-0.39, 0.29) is 29.9 Å². The Kier molecular flexibility index (Phi) is 7.76. The number of rotatable bonds is 6. The van der Waals surface area contributed by atoms with E-state index in [1.807, 2.05) is 31.2 Å². The fraction of sp³-hybridized carbons (Fsp3) is 0.375. The molecule has 226 valence electrons. The number of benzene rings is 3. The number of carbonyl (C=O) groups excluding carboxylic acids is 1. The molecule has 3 aromatic carbocycles. The minimum Gasteiger partial charge on any atom is -0.495 e. The van der Waals surface area contributed by atoms with Crippen LogP contribution >= 0.6 is 15.9 Å². The molecule has 11 heteroatoms. The molecular formula is C32H34BrN3O6S. The van der Waals surface area contributed by atoms with Crippen LogP contribution in [-0.2, 0) is 22.0 Å². The summed E-state index contributed by atoms with van der Waals surface area (Å²) in [6.07, 6.45) is 0.990. The number of amides is 1. The molecule has 0 unspecified atom stereocenters. The second-order valence-corrected chi connectivity index (χ2v) is 14.1. The quantitative estimate of drug-likeness (QED) is 0.360. The number of hydrazone groups is 1. The van der Waals surface area contributed by atoms with Crippen molar-refractivity contribution in [1.82, 2.24) is 9.73 Å². The van der Waals surface area contributed by atoms with Crippen LogP contribution in [0.25, 0.3) is 0 Å². The van der Waals surface area contributed by atoms with E-state index < -0.39 is 27.6 Å². The van der Waals surface area contributed by atoms with Crippen LogP contribution in [0.2, 0.25) is 0 Å². The van der Waals surface area contributed by atoms with Crippen molar-refractivity contribution in [2.75, 3.05) is 13.7 Å². The first kappa shape index (κ1) is 29.7. The van der Waals surface area contributed by atoms with Crippen molar-refractivity contribution in [2.24, 2.45) is 11.0 Å². The maximum Gasteiger partial charge on any atom is 0.276 e. The summed E-state index contributed by atoms with van der Waals surface area (Å²) in [5.41, 5.74) is 3.57. The van der Waals surface area contributed by atoms with Gasteiger partial charge in [-0.25, -0.2) is 4.83 Å². The minimum absolute atomic E-state index is 0.0463. The lowest BCUT2D eigenvalue weighted by Crippen LogP contribution is -2.53. The van der Waals surface area contributed by atoms with Gasteiger partial charge in [0.2, 0.25) is 0 Å². The van der Waals surface area contributed by atoms with Crippen molar-refractivity contribution < 1.29 is 27.8 Å². The number of ether oxygens (including phenoxy) is 2. The lowest BCUT2D eigenvalue weighted by Gasteiger charge is -2.45. The van der Waals surface area contributed by atoms with Crippen molar-refractivity contribution in [3.05, 3.63) is 87.4 Å². The molecule has 2 aliphatic heterocycles. The van der Waals surface area contributed by atoms with Gasteiger partial charge in [-0.2, -0.15) is 13.5 Å². The summed E-state index contributed by atoms with van der Waals surface area (Å²) in [6.45, 7) is 4.08. The Balaban J connectivity index is 1.39. The van der Waals surface area contributed by atoms with Gasteiger partial charge in [0.1, 0.15) is 22.1 Å². The minimum atomic E-state index is -3.84. The predicted molar refractivity (Wildman–Crippen MR) is 166 cm³/mol. The third-order valence-electron chi connectivity index (χ3n) is 9.13. The van der Waals surface area contributed by atoms with Crippen LogP contribution in [0.15, 0.2) is 75.1 Å². The average molecular weight is 669 g/mol. The van der Waals surface area contributed by atoms with E-state index in [2.05, 4.69) is 32.8 Å². The smallest absolute Gasteiger partial charge is 0.276 e. The van der Waals surface area contributed by atoms with Gasteiger partial charge in [-0.3, -0.25) is 4.79 Å². The topological polar surface area (TPSA) is 118 Å². The summed E-state index contributed by atoms with van der Waals surface area (Å²) in [5.74, 6) is 1.05. The van der Waals surface area contributed by atoms with E-state index in [1.54, 1.807) is 48.4 Å². The second-order valence-electron chi connectivity index (χ2n) is 11.6. The van der Waals surface area contributed by atoms with Gasteiger partial charge in [0, 0.05) is 35.2 Å². The standard InChI is InChI=1S/C32H34BrN3O6S/c1-19-9-11-25(12-10-19)43(39,40)35-34-23-13-20(2)32-16-24(18-37)36(31(38)21-7-5-4-6-8-21)17-22-14-26(41-3)29(33)30(28(22)32)42-27(32)15-23/h4-12,14,20,24,27,35,37H,13,15-18H2,1-3H3/b34-23+/t20-,24+,27-,32+/m1/s1. The number of carbonyl (C=O) groups is 1.